The van der Waals surface area contributed by atoms with Crippen LogP contribution >= 0.6 is 0 Å². The van der Waals surface area contributed by atoms with Gasteiger partial charge >= 0.3 is 5.97 Å². The minimum atomic E-state index is -0.974. The van der Waals surface area contributed by atoms with Crippen molar-refractivity contribution < 1.29 is 9.90 Å². The van der Waals surface area contributed by atoms with Gasteiger partial charge in [-0.3, -0.25) is 0 Å². The van der Waals surface area contributed by atoms with E-state index in [1.54, 1.807) is 30.5 Å². The van der Waals surface area contributed by atoms with Crippen LogP contribution in [0.4, 0.5) is 5.95 Å². The number of hydrogen-bond donors (Lipinski definition) is 2. The lowest BCUT2D eigenvalue weighted by Gasteiger charge is -2.14. The van der Waals surface area contributed by atoms with Gasteiger partial charge in [-0.15, -0.1) is 0 Å². The summed E-state index contributed by atoms with van der Waals surface area (Å²) in [7, 11) is 0. The molecule has 0 bridgehead atoms. The molecule has 0 saturated carbocycles. The molecule has 0 aliphatic rings. The van der Waals surface area contributed by atoms with Crippen molar-refractivity contribution in [3.05, 3.63) is 66.4 Å². The second kappa shape index (κ2) is 5.58. The third-order valence-corrected chi connectivity index (χ3v) is 3.14. The Hall–Kier alpha value is -2.95. The first-order valence-electron chi connectivity index (χ1n) is 6.50. The normalized spacial score (nSPS) is 12.0. The molecule has 0 fully saturated rings. The summed E-state index contributed by atoms with van der Waals surface area (Å²) in [5.41, 5.74) is 1.42. The zero-order valence-corrected chi connectivity index (χ0v) is 11.1. The van der Waals surface area contributed by atoms with Crippen molar-refractivity contribution in [1.82, 2.24) is 9.97 Å². The Morgan fingerprint density at radius 1 is 1.05 bits per heavy atom. The molecule has 1 heterocycles. The lowest BCUT2D eigenvalue weighted by molar-refractivity contribution is -0.138. The maximum Gasteiger partial charge on any atom is 0.330 e. The molecule has 0 aliphatic heterocycles. The number of aliphatic carboxylic acids is 1. The fraction of sp³-hybridized carbons (Fsp3) is 0.0625. The smallest absolute Gasteiger partial charge is 0.330 e. The molecule has 2 aromatic carbocycles. The number of carbonyl (C=O) groups is 1. The minimum absolute atomic E-state index is 0.296. The van der Waals surface area contributed by atoms with E-state index in [9.17, 15) is 9.90 Å². The van der Waals surface area contributed by atoms with Crippen LogP contribution < -0.4 is 5.32 Å². The molecule has 0 saturated heterocycles. The summed E-state index contributed by atoms with van der Waals surface area (Å²) in [5.74, 6) is -0.678. The zero-order valence-electron chi connectivity index (χ0n) is 11.1. The second-order valence-electron chi connectivity index (χ2n) is 4.58. The number of anilines is 1. The molecule has 0 amide bonds. The van der Waals surface area contributed by atoms with Crippen LogP contribution in [-0.4, -0.2) is 21.0 Å². The highest BCUT2D eigenvalue weighted by Crippen LogP contribution is 2.19. The van der Waals surface area contributed by atoms with Gasteiger partial charge < -0.3 is 10.4 Å². The van der Waals surface area contributed by atoms with E-state index in [2.05, 4.69) is 15.3 Å². The van der Waals surface area contributed by atoms with E-state index in [1.165, 1.54) is 0 Å². The Labute approximate surface area is 121 Å². The van der Waals surface area contributed by atoms with Gasteiger partial charge in [0.15, 0.2) is 6.04 Å². The first-order chi connectivity index (χ1) is 10.2. The van der Waals surface area contributed by atoms with E-state index in [0.29, 0.717) is 11.5 Å². The first-order valence-corrected chi connectivity index (χ1v) is 6.50. The summed E-state index contributed by atoms with van der Waals surface area (Å²) in [4.78, 5) is 20.0. The average Bonchev–Trinajstić information content (AvgIpc) is 2.53. The van der Waals surface area contributed by atoms with E-state index in [0.717, 1.165) is 10.9 Å². The van der Waals surface area contributed by atoms with E-state index >= 15 is 0 Å². The number of rotatable bonds is 4. The van der Waals surface area contributed by atoms with Gasteiger partial charge in [-0.05, 0) is 11.6 Å². The molecule has 5 nitrogen and oxygen atoms in total. The van der Waals surface area contributed by atoms with Crippen LogP contribution in [0.3, 0.4) is 0 Å². The van der Waals surface area contributed by atoms with Crippen molar-refractivity contribution in [3.63, 3.8) is 0 Å². The summed E-state index contributed by atoms with van der Waals surface area (Å²) in [6.45, 7) is 0. The van der Waals surface area contributed by atoms with E-state index in [4.69, 9.17) is 0 Å². The number of para-hydroxylation sites is 1. The lowest BCUT2D eigenvalue weighted by Crippen LogP contribution is -2.21. The van der Waals surface area contributed by atoms with Crippen molar-refractivity contribution in [2.75, 3.05) is 5.32 Å². The van der Waals surface area contributed by atoms with Gasteiger partial charge in [-0.25, -0.2) is 14.8 Å². The summed E-state index contributed by atoms with van der Waals surface area (Å²) >= 11 is 0. The van der Waals surface area contributed by atoms with Crippen LogP contribution in [0.2, 0.25) is 0 Å². The quantitative estimate of drug-likeness (QED) is 0.768. The summed E-state index contributed by atoms with van der Waals surface area (Å²) < 4.78 is 0. The molecule has 3 rings (SSSR count). The van der Waals surface area contributed by atoms with Crippen molar-refractivity contribution in [2.45, 2.75) is 6.04 Å². The monoisotopic (exact) mass is 279 g/mol. The van der Waals surface area contributed by atoms with Crippen molar-refractivity contribution in [2.24, 2.45) is 0 Å². The summed E-state index contributed by atoms with van der Waals surface area (Å²) in [6.07, 6.45) is 1.68. The van der Waals surface area contributed by atoms with Crippen LogP contribution in [0.1, 0.15) is 11.6 Å². The van der Waals surface area contributed by atoms with Crippen LogP contribution in [-0.2, 0) is 4.79 Å². The van der Waals surface area contributed by atoms with Gasteiger partial charge in [0, 0.05) is 11.6 Å². The SMILES string of the molecule is O=C(O)C(Nc1ncc2ccccc2n1)c1ccccc1. The van der Waals surface area contributed by atoms with Crippen LogP contribution in [0, 0.1) is 0 Å². The molecule has 2 N–H and O–H groups in total. The predicted molar refractivity (Wildman–Crippen MR) is 80.0 cm³/mol. The Balaban J connectivity index is 1.93. The largest absolute Gasteiger partial charge is 0.479 e. The van der Waals surface area contributed by atoms with Crippen LogP contribution in [0.15, 0.2) is 60.8 Å². The van der Waals surface area contributed by atoms with E-state index in [1.807, 2.05) is 30.3 Å². The number of benzene rings is 2. The standard InChI is InChI=1S/C16H13N3O2/c20-15(21)14(11-6-2-1-3-7-11)19-16-17-10-12-8-4-5-9-13(12)18-16/h1-10,14H,(H,20,21)(H,17,18,19). The fourth-order valence-corrected chi connectivity index (χ4v) is 2.10. The molecular formula is C16H13N3O2. The molecule has 21 heavy (non-hydrogen) atoms. The maximum absolute atomic E-state index is 11.4. The van der Waals surface area contributed by atoms with Gasteiger partial charge in [0.2, 0.25) is 5.95 Å². The molecule has 3 aromatic rings. The third-order valence-electron chi connectivity index (χ3n) is 3.14. The average molecular weight is 279 g/mol. The van der Waals surface area contributed by atoms with E-state index < -0.39 is 12.0 Å². The first kappa shape index (κ1) is 13.1. The molecule has 0 spiro atoms. The molecule has 5 heteroatoms. The Bertz CT molecular complexity index is 775. The number of nitrogens with one attached hydrogen (secondary N) is 1. The molecule has 1 unspecified atom stereocenters. The Morgan fingerprint density at radius 2 is 1.76 bits per heavy atom. The highest BCUT2D eigenvalue weighted by molar-refractivity contribution is 5.81. The summed E-state index contributed by atoms with van der Waals surface area (Å²) in [6, 6.07) is 15.6. The zero-order chi connectivity index (χ0) is 14.7. The van der Waals surface area contributed by atoms with Gasteiger partial charge in [0.1, 0.15) is 0 Å². The Morgan fingerprint density at radius 3 is 2.52 bits per heavy atom. The third kappa shape index (κ3) is 2.81. The van der Waals surface area contributed by atoms with Gasteiger partial charge in [0.25, 0.3) is 0 Å². The van der Waals surface area contributed by atoms with Crippen molar-refractivity contribution in [3.8, 4) is 0 Å². The van der Waals surface area contributed by atoms with Crippen molar-refractivity contribution >= 4 is 22.8 Å². The number of aromatic nitrogens is 2. The lowest BCUT2D eigenvalue weighted by atomic mass is 10.1. The molecule has 0 aliphatic carbocycles. The predicted octanol–water partition coefficient (Wildman–Crippen LogP) is 2.87. The van der Waals surface area contributed by atoms with Gasteiger partial charge in [-0.2, -0.15) is 0 Å². The number of fused-ring (bicyclic) bond motifs is 1. The van der Waals surface area contributed by atoms with Gasteiger partial charge in [0.05, 0.1) is 5.52 Å². The number of nitrogens with zero attached hydrogens (tertiary/aromatic N) is 2. The summed E-state index contributed by atoms with van der Waals surface area (Å²) in [5, 5.41) is 13.2. The second-order valence-corrected chi connectivity index (χ2v) is 4.58. The number of hydrogen-bond acceptors (Lipinski definition) is 4. The number of carboxylic acids is 1. The number of carboxylic acid groups (broad SMARTS) is 1. The molecular weight excluding hydrogens is 266 g/mol. The molecule has 1 aromatic heterocycles. The van der Waals surface area contributed by atoms with Crippen LogP contribution in [0.5, 0.6) is 0 Å². The van der Waals surface area contributed by atoms with E-state index in [-0.39, 0.29) is 0 Å². The Kier molecular flexibility index (Phi) is 3.47. The van der Waals surface area contributed by atoms with Crippen LogP contribution in [0.25, 0.3) is 10.9 Å². The maximum atomic E-state index is 11.4. The highest BCUT2D eigenvalue weighted by atomic mass is 16.4. The fourth-order valence-electron chi connectivity index (χ4n) is 2.10. The topological polar surface area (TPSA) is 75.1 Å². The van der Waals surface area contributed by atoms with Gasteiger partial charge in [-0.1, -0.05) is 48.5 Å². The molecule has 104 valence electrons. The molecule has 1 atom stereocenters. The minimum Gasteiger partial charge on any atom is -0.479 e. The highest BCUT2D eigenvalue weighted by Gasteiger charge is 2.20. The van der Waals surface area contributed by atoms with Crippen molar-refractivity contribution in [1.29, 1.82) is 0 Å². The molecule has 0 radical (unpaired) electrons.